The molecule has 25 heteroatoms. The van der Waals surface area contributed by atoms with E-state index in [2.05, 4.69) is 23.8 Å². The zero-order valence-electron chi connectivity index (χ0n) is 27.0. The Morgan fingerprint density at radius 3 is 2.36 bits per heavy atom. The number of esters is 3. The number of ether oxygens (including phenoxy) is 5. The number of fused-ring (bicyclic) bond motifs is 1. The van der Waals surface area contributed by atoms with Crippen LogP contribution in [0.1, 0.15) is 40.8 Å². The number of hydrogen-bond acceptors (Lipinski definition) is 19. The first kappa shape index (κ1) is 39.6. The number of rotatable bonds is 13. The molecular weight excluding hydrogens is 723 g/mol. The van der Waals surface area contributed by atoms with Crippen LogP contribution in [-0.4, -0.2) is 113 Å². The average molecular weight is 760 g/mol. The predicted octanol–water partition coefficient (Wildman–Crippen LogP) is -0.000900. The van der Waals surface area contributed by atoms with Gasteiger partial charge >= 0.3 is 33.6 Å². The van der Waals surface area contributed by atoms with Gasteiger partial charge in [0.05, 0.1) is 6.33 Å². The van der Waals surface area contributed by atoms with E-state index in [4.69, 9.17) is 33.9 Å². The molecule has 280 valence electrons. The highest BCUT2D eigenvalue weighted by molar-refractivity contribution is 7.61. The van der Waals surface area contributed by atoms with Gasteiger partial charge in [0, 0.05) is 26.7 Å². The van der Waals surface area contributed by atoms with Crippen molar-refractivity contribution >= 4 is 50.5 Å². The Morgan fingerprint density at radius 1 is 1.06 bits per heavy atom. The van der Waals surface area contributed by atoms with Crippen molar-refractivity contribution in [2.45, 2.75) is 83.5 Å². The van der Waals surface area contributed by atoms with Crippen LogP contribution in [0.25, 0.3) is 11.2 Å². The second-order valence-electron chi connectivity index (χ2n) is 11.4. The standard InChI is InChI=1S/C25H36FN5O17P2/c1-10-11(2)19(44-14(5)34)24(45-18(10)15(43-13(4)33)6-41-12(3)32)47-50(39,40)48-49(37,38)42-7-25(26)20(36)17(35)23(46-25)31-9-30-16-21(27)28-8-29-22(16)31/h8-11,15,17-20,23-24,35-36H,6-7H2,1-5H3,(H,37,38)(H,39,40)(H2,27,28,29)/t10-,11-,15+,17-,18?,19?,20?,23+,24-,25?/m0/s1. The van der Waals surface area contributed by atoms with Crippen molar-refractivity contribution in [1.82, 2.24) is 19.5 Å². The Kier molecular flexibility index (Phi) is 12.0. The lowest BCUT2D eigenvalue weighted by Crippen LogP contribution is -2.56. The van der Waals surface area contributed by atoms with E-state index in [0.29, 0.717) is 0 Å². The van der Waals surface area contributed by atoms with Gasteiger partial charge in [-0.3, -0.25) is 28.0 Å². The van der Waals surface area contributed by atoms with Crippen molar-refractivity contribution in [1.29, 1.82) is 0 Å². The van der Waals surface area contributed by atoms with Crippen molar-refractivity contribution < 1.29 is 84.9 Å². The molecule has 0 aliphatic carbocycles. The summed E-state index contributed by atoms with van der Waals surface area (Å²) in [5.41, 5.74) is 5.75. The maximum Gasteiger partial charge on any atom is 0.483 e. The lowest BCUT2D eigenvalue weighted by atomic mass is 9.81. The number of halogens is 1. The number of carbonyl (C=O) groups excluding carboxylic acids is 3. The molecule has 0 radical (unpaired) electrons. The summed E-state index contributed by atoms with van der Waals surface area (Å²) in [5, 5.41) is 20.9. The minimum atomic E-state index is -5.80. The van der Waals surface area contributed by atoms with E-state index >= 15 is 4.39 Å². The summed E-state index contributed by atoms with van der Waals surface area (Å²) < 4.78 is 82.6. The molecular formula is C25H36FN5O17P2. The van der Waals surface area contributed by atoms with Gasteiger partial charge in [-0.2, -0.15) is 4.31 Å². The number of hydrogen-bond donors (Lipinski definition) is 5. The van der Waals surface area contributed by atoms with Gasteiger partial charge in [0.1, 0.15) is 43.4 Å². The first-order valence-corrected chi connectivity index (χ1v) is 17.6. The highest BCUT2D eigenvalue weighted by Crippen LogP contribution is 2.62. The second-order valence-corrected chi connectivity index (χ2v) is 14.4. The summed E-state index contributed by atoms with van der Waals surface area (Å²) in [6, 6.07) is 0. The van der Waals surface area contributed by atoms with Crippen LogP contribution in [0.15, 0.2) is 12.7 Å². The summed E-state index contributed by atoms with van der Waals surface area (Å²) in [5.74, 6) is -7.34. The Labute approximate surface area is 282 Å². The monoisotopic (exact) mass is 759 g/mol. The largest absolute Gasteiger partial charge is 0.483 e. The summed E-state index contributed by atoms with van der Waals surface area (Å²) in [4.78, 5) is 67.4. The number of carbonyl (C=O) groups is 3. The molecule has 2 fully saturated rings. The van der Waals surface area contributed by atoms with E-state index in [1.54, 1.807) is 6.92 Å². The molecule has 0 spiro atoms. The fourth-order valence-electron chi connectivity index (χ4n) is 5.30. The molecule has 12 atom stereocenters. The molecule has 4 heterocycles. The maximum absolute atomic E-state index is 15.8. The van der Waals surface area contributed by atoms with Crippen molar-refractivity contribution in [3.05, 3.63) is 12.7 Å². The number of aliphatic hydroxyl groups excluding tert-OH is 2. The van der Waals surface area contributed by atoms with Gasteiger partial charge in [-0.1, -0.05) is 13.8 Å². The smallest absolute Gasteiger partial charge is 0.462 e. The fourth-order valence-corrected chi connectivity index (χ4v) is 7.46. The quantitative estimate of drug-likeness (QED) is 0.102. The van der Waals surface area contributed by atoms with Crippen molar-refractivity contribution in [2.24, 2.45) is 11.8 Å². The molecule has 2 aliphatic rings. The van der Waals surface area contributed by atoms with Crippen LogP contribution in [0.3, 0.4) is 0 Å². The highest BCUT2D eigenvalue weighted by Gasteiger charge is 2.58. The molecule has 6 N–H and O–H groups in total. The van der Waals surface area contributed by atoms with Gasteiger partial charge in [-0.05, 0) is 5.92 Å². The first-order chi connectivity index (χ1) is 23.1. The molecule has 0 amide bonds. The van der Waals surface area contributed by atoms with Gasteiger partial charge in [0.2, 0.25) is 6.29 Å². The van der Waals surface area contributed by atoms with Crippen molar-refractivity contribution in [3.63, 3.8) is 0 Å². The van der Waals surface area contributed by atoms with Gasteiger partial charge < -0.3 is 49.4 Å². The number of aromatic nitrogens is 4. The summed E-state index contributed by atoms with van der Waals surface area (Å²) >= 11 is 0. The lowest BCUT2D eigenvalue weighted by molar-refractivity contribution is -0.270. The number of nitrogens with two attached hydrogens (primary N) is 1. The number of phosphoric acid groups is 2. The Morgan fingerprint density at radius 2 is 1.74 bits per heavy atom. The highest BCUT2D eigenvalue weighted by atomic mass is 31.3. The number of nitrogens with zero attached hydrogens (tertiary/aromatic N) is 4. The molecule has 50 heavy (non-hydrogen) atoms. The predicted molar refractivity (Wildman–Crippen MR) is 158 cm³/mol. The Hall–Kier alpha value is -3.21. The van der Waals surface area contributed by atoms with E-state index in [-0.39, 0.29) is 17.0 Å². The molecule has 2 saturated heterocycles. The molecule has 4 rings (SSSR count). The van der Waals surface area contributed by atoms with E-state index in [9.17, 15) is 43.5 Å². The number of imidazole rings is 1. The third-order valence-electron chi connectivity index (χ3n) is 7.77. The minimum Gasteiger partial charge on any atom is -0.462 e. The Bertz CT molecular complexity index is 1680. The van der Waals surface area contributed by atoms with Crippen LogP contribution in [0, 0.1) is 11.8 Å². The van der Waals surface area contributed by atoms with Crippen molar-refractivity contribution in [3.8, 4) is 0 Å². The van der Waals surface area contributed by atoms with Gasteiger partial charge in [0.15, 0.2) is 29.9 Å². The topological polar surface area (TPSA) is 310 Å². The van der Waals surface area contributed by atoms with Gasteiger partial charge in [0.25, 0.3) is 5.85 Å². The van der Waals surface area contributed by atoms with Gasteiger partial charge in [-0.25, -0.2) is 28.5 Å². The number of aliphatic hydroxyl groups is 2. The van der Waals surface area contributed by atoms with Crippen LogP contribution in [0.5, 0.6) is 0 Å². The number of phosphoric ester groups is 2. The summed E-state index contributed by atoms with van der Waals surface area (Å²) in [7, 11) is -11.6. The molecule has 2 aromatic heterocycles. The molecule has 0 saturated carbocycles. The van der Waals surface area contributed by atoms with E-state index < -0.39 is 107 Å². The molecule has 6 unspecified atom stereocenters. The molecule has 2 aromatic rings. The van der Waals surface area contributed by atoms with E-state index in [1.807, 2.05) is 0 Å². The summed E-state index contributed by atoms with van der Waals surface area (Å²) in [6.45, 7) is 4.12. The maximum atomic E-state index is 15.8. The molecule has 0 bridgehead atoms. The first-order valence-electron chi connectivity index (χ1n) is 14.6. The number of nitrogen functional groups attached to an aromatic ring is 1. The zero-order valence-corrected chi connectivity index (χ0v) is 28.8. The third kappa shape index (κ3) is 8.98. The van der Waals surface area contributed by atoms with E-state index in [0.717, 1.165) is 38.0 Å². The molecule has 0 aromatic carbocycles. The fraction of sp³-hybridized carbons (Fsp3) is 0.680. The van der Waals surface area contributed by atoms with E-state index in [1.165, 1.54) is 6.92 Å². The van der Waals surface area contributed by atoms with Crippen LogP contribution < -0.4 is 5.73 Å². The zero-order chi connectivity index (χ0) is 37.3. The summed E-state index contributed by atoms with van der Waals surface area (Å²) in [6.07, 6.45) is -10.1. The van der Waals surface area contributed by atoms with Crippen molar-refractivity contribution in [2.75, 3.05) is 18.9 Å². The lowest BCUT2D eigenvalue weighted by Gasteiger charge is -2.45. The number of alkyl halides is 1. The van der Waals surface area contributed by atoms with Crippen LogP contribution in [-0.2, 0) is 60.6 Å². The third-order valence-corrected chi connectivity index (χ3v) is 10.3. The second kappa shape index (κ2) is 15.2. The minimum absolute atomic E-state index is 0.0260. The van der Waals surface area contributed by atoms with Crippen LogP contribution in [0.2, 0.25) is 0 Å². The SMILES string of the molecule is CC(=O)OC[C@@H](OC(C)=O)C1O[C@@H](OP(=O)(O)OP(=O)(O)OCC2(F)O[C@@H](n3cnc4c(N)ncnc43)[C@@H](O)C2O)C(OC(C)=O)[C@@H](C)[C@@H]1C. The van der Waals surface area contributed by atoms with Crippen LogP contribution in [0.4, 0.5) is 10.2 Å². The Balaban J connectivity index is 1.48. The average Bonchev–Trinajstić information content (AvgIpc) is 3.53. The number of anilines is 1. The molecule has 22 nitrogen and oxygen atoms in total. The molecule has 2 aliphatic heterocycles. The van der Waals surface area contributed by atoms with Gasteiger partial charge in [-0.15, -0.1) is 0 Å². The normalized spacial score (nSPS) is 32.8. The van der Waals surface area contributed by atoms with Crippen LogP contribution >= 0.6 is 15.6 Å².